The molecule has 232 valence electrons. The molecule has 9 nitrogen and oxygen atoms in total. The maximum absolute atomic E-state index is 13.1. The first kappa shape index (κ1) is 33.4. The number of anilines is 1. The summed E-state index contributed by atoms with van der Waals surface area (Å²) in [5.41, 5.74) is 2.59. The fraction of sp³-hybridized carbons (Fsp3) is 0.594. The van der Waals surface area contributed by atoms with Crippen LogP contribution in [-0.2, 0) is 10.0 Å². The summed E-state index contributed by atoms with van der Waals surface area (Å²) in [6.45, 7) is 9.15. The lowest BCUT2D eigenvalue weighted by atomic mass is 9.89. The molecule has 0 saturated heterocycles. The predicted octanol–water partition coefficient (Wildman–Crippen LogP) is 7.37. The first-order valence-corrected chi connectivity index (χ1v) is 16.9. The SMILES string of the molecule is COc1cccc(OC)c1-n1c(-c2cncc(C)c2)nnc1N(CCCCCCCCCCCC(C)(C)C)S(C)(=O)=O. The van der Waals surface area contributed by atoms with Crippen molar-refractivity contribution >= 4 is 16.0 Å². The monoisotopic (exact) mass is 599 g/mol. The molecule has 0 aliphatic carbocycles. The summed E-state index contributed by atoms with van der Waals surface area (Å²) >= 11 is 0. The first-order valence-electron chi connectivity index (χ1n) is 15.0. The maximum Gasteiger partial charge on any atom is 0.246 e. The second-order valence-corrected chi connectivity index (χ2v) is 14.2. The molecule has 1 aromatic carbocycles. The van der Waals surface area contributed by atoms with Crippen molar-refractivity contribution < 1.29 is 17.9 Å². The van der Waals surface area contributed by atoms with Crippen molar-refractivity contribution in [2.75, 3.05) is 31.3 Å². The number of para-hydroxylation sites is 1. The Hall–Kier alpha value is -3.14. The van der Waals surface area contributed by atoms with Crippen molar-refractivity contribution in [1.29, 1.82) is 0 Å². The topological polar surface area (TPSA) is 99.4 Å². The molecular formula is C32H49N5O4S. The van der Waals surface area contributed by atoms with Crippen molar-refractivity contribution in [3.63, 3.8) is 0 Å². The second-order valence-electron chi connectivity index (χ2n) is 12.2. The van der Waals surface area contributed by atoms with E-state index < -0.39 is 10.0 Å². The van der Waals surface area contributed by atoms with Gasteiger partial charge in [-0.05, 0) is 48.9 Å². The van der Waals surface area contributed by atoms with Crippen LogP contribution in [0.5, 0.6) is 11.5 Å². The number of hydrogen-bond acceptors (Lipinski definition) is 7. The Morgan fingerprint density at radius 2 is 1.43 bits per heavy atom. The summed E-state index contributed by atoms with van der Waals surface area (Å²) in [6, 6.07) is 7.36. The third-order valence-electron chi connectivity index (χ3n) is 7.32. The van der Waals surface area contributed by atoms with Gasteiger partial charge in [0.2, 0.25) is 16.0 Å². The third-order valence-corrected chi connectivity index (χ3v) is 8.46. The van der Waals surface area contributed by atoms with Gasteiger partial charge in [-0.1, -0.05) is 78.2 Å². The van der Waals surface area contributed by atoms with Gasteiger partial charge >= 0.3 is 0 Å². The molecule has 0 fully saturated rings. The number of aromatic nitrogens is 4. The van der Waals surface area contributed by atoms with Crippen molar-refractivity contribution in [1.82, 2.24) is 19.7 Å². The Labute approximate surface area is 252 Å². The van der Waals surface area contributed by atoms with Gasteiger partial charge in [-0.25, -0.2) is 12.7 Å². The molecule has 0 bridgehead atoms. The van der Waals surface area contributed by atoms with Gasteiger partial charge in [-0.3, -0.25) is 9.55 Å². The highest BCUT2D eigenvalue weighted by molar-refractivity contribution is 7.92. The molecular weight excluding hydrogens is 550 g/mol. The van der Waals surface area contributed by atoms with Crippen molar-refractivity contribution in [3.8, 4) is 28.6 Å². The predicted molar refractivity (Wildman–Crippen MR) is 170 cm³/mol. The van der Waals surface area contributed by atoms with E-state index in [1.165, 1.54) is 49.1 Å². The maximum atomic E-state index is 13.1. The third kappa shape index (κ3) is 9.44. The summed E-state index contributed by atoms with van der Waals surface area (Å²) in [4.78, 5) is 4.32. The molecule has 0 unspecified atom stereocenters. The minimum atomic E-state index is -3.67. The standard InChI is InChI=1S/C32H49N5O4S/c1-25-22-26(24-33-23-25)30-34-35-31(37(30)29-27(40-5)18-17-19-28(29)41-6)36(42(7,38)39)21-16-14-12-10-8-9-11-13-15-20-32(2,3)4/h17-19,22-24H,8-16,20-21H2,1-7H3. The average molecular weight is 600 g/mol. The molecule has 2 aromatic heterocycles. The molecule has 0 aliphatic rings. The molecule has 0 spiro atoms. The summed E-state index contributed by atoms with van der Waals surface area (Å²) in [7, 11) is -0.541. The van der Waals surface area contributed by atoms with E-state index in [0.717, 1.165) is 31.2 Å². The number of nitrogens with zero attached hydrogens (tertiary/aromatic N) is 5. The van der Waals surface area contributed by atoms with E-state index in [1.807, 2.05) is 19.1 Å². The average Bonchev–Trinajstić information content (AvgIpc) is 3.35. The molecule has 10 heteroatoms. The number of aryl methyl sites for hydroxylation is 1. The van der Waals surface area contributed by atoms with Crippen LogP contribution in [0.4, 0.5) is 5.95 Å². The van der Waals surface area contributed by atoms with E-state index in [4.69, 9.17) is 9.47 Å². The number of unbranched alkanes of at least 4 members (excludes halogenated alkanes) is 8. The highest BCUT2D eigenvalue weighted by atomic mass is 32.2. The Morgan fingerprint density at radius 1 is 0.857 bits per heavy atom. The van der Waals surface area contributed by atoms with Crippen LogP contribution in [0, 0.1) is 12.3 Å². The van der Waals surface area contributed by atoms with E-state index >= 15 is 0 Å². The van der Waals surface area contributed by atoms with E-state index in [2.05, 4.69) is 36.0 Å². The van der Waals surface area contributed by atoms with Crippen LogP contribution in [0.3, 0.4) is 0 Å². The Balaban J connectivity index is 1.77. The molecule has 42 heavy (non-hydrogen) atoms. The van der Waals surface area contributed by atoms with Crippen molar-refractivity contribution in [2.45, 2.75) is 91.9 Å². The number of rotatable bonds is 17. The van der Waals surface area contributed by atoms with Gasteiger partial charge in [0.05, 0.1) is 20.5 Å². The number of sulfonamides is 1. The Bertz CT molecular complexity index is 1360. The van der Waals surface area contributed by atoms with E-state index in [1.54, 1.807) is 43.3 Å². The molecule has 3 aromatic rings. The molecule has 0 radical (unpaired) electrons. The van der Waals surface area contributed by atoms with Crippen LogP contribution >= 0.6 is 0 Å². The van der Waals surface area contributed by atoms with Crippen LogP contribution in [0.15, 0.2) is 36.7 Å². The van der Waals surface area contributed by atoms with Crippen LogP contribution in [0.1, 0.15) is 90.5 Å². The van der Waals surface area contributed by atoms with Gasteiger partial charge in [0.1, 0.15) is 17.2 Å². The summed E-state index contributed by atoms with van der Waals surface area (Å²) in [5.74, 6) is 1.64. The largest absolute Gasteiger partial charge is 0.494 e. The zero-order valence-electron chi connectivity index (χ0n) is 26.5. The Kier molecular flexibility index (Phi) is 12.2. The molecule has 0 atom stereocenters. The summed E-state index contributed by atoms with van der Waals surface area (Å²) < 4.78 is 40.7. The highest BCUT2D eigenvalue weighted by Crippen LogP contribution is 2.39. The van der Waals surface area contributed by atoms with Crippen LogP contribution < -0.4 is 13.8 Å². The molecule has 0 N–H and O–H groups in total. The highest BCUT2D eigenvalue weighted by Gasteiger charge is 2.29. The van der Waals surface area contributed by atoms with E-state index in [9.17, 15) is 8.42 Å². The normalized spacial score (nSPS) is 12.0. The lowest BCUT2D eigenvalue weighted by molar-refractivity contribution is 0.356. The fourth-order valence-corrected chi connectivity index (χ4v) is 6.00. The number of ether oxygens (including phenoxy) is 2. The zero-order chi connectivity index (χ0) is 30.8. The zero-order valence-corrected chi connectivity index (χ0v) is 27.3. The minimum Gasteiger partial charge on any atom is -0.494 e. The second kappa shape index (κ2) is 15.4. The van der Waals surface area contributed by atoms with Crippen LogP contribution in [0.25, 0.3) is 17.1 Å². The lowest BCUT2D eigenvalue weighted by Gasteiger charge is -2.24. The fourth-order valence-electron chi connectivity index (χ4n) is 5.12. The first-order chi connectivity index (χ1) is 20.0. The quantitative estimate of drug-likeness (QED) is 0.149. The van der Waals surface area contributed by atoms with E-state index in [0.29, 0.717) is 40.5 Å². The van der Waals surface area contributed by atoms with Gasteiger partial charge < -0.3 is 9.47 Å². The number of pyridine rings is 1. The van der Waals surface area contributed by atoms with Gasteiger partial charge in [-0.15, -0.1) is 10.2 Å². The van der Waals surface area contributed by atoms with Crippen molar-refractivity contribution in [2.24, 2.45) is 5.41 Å². The summed E-state index contributed by atoms with van der Waals surface area (Å²) in [5, 5.41) is 8.87. The molecule has 0 aliphatic heterocycles. The van der Waals surface area contributed by atoms with Gasteiger partial charge in [0, 0.05) is 24.5 Å². The number of benzene rings is 1. The van der Waals surface area contributed by atoms with Gasteiger partial charge in [0.25, 0.3) is 0 Å². The molecule has 3 rings (SSSR count). The lowest BCUT2D eigenvalue weighted by Crippen LogP contribution is -2.33. The molecule has 2 heterocycles. The molecule has 0 amide bonds. The smallest absolute Gasteiger partial charge is 0.246 e. The van der Waals surface area contributed by atoms with Crippen LogP contribution in [0.2, 0.25) is 0 Å². The Morgan fingerprint density at radius 3 is 1.95 bits per heavy atom. The van der Waals surface area contributed by atoms with Gasteiger partial charge in [-0.2, -0.15) is 0 Å². The van der Waals surface area contributed by atoms with Gasteiger partial charge in [0.15, 0.2) is 5.82 Å². The number of hydrogen-bond donors (Lipinski definition) is 0. The van der Waals surface area contributed by atoms with Crippen molar-refractivity contribution in [3.05, 3.63) is 42.2 Å². The van der Waals surface area contributed by atoms with E-state index in [-0.39, 0.29) is 5.95 Å². The minimum absolute atomic E-state index is 0.187. The summed E-state index contributed by atoms with van der Waals surface area (Å²) in [6.07, 6.45) is 16.2. The molecule has 0 saturated carbocycles. The van der Waals surface area contributed by atoms with Crippen LogP contribution in [-0.4, -0.2) is 55.2 Å². The number of methoxy groups -OCH3 is 2.